The van der Waals surface area contributed by atoms with Gasteiger partial charge in [-0.2, -0.15) is 0 Å². The Kier molecular flexibility index (Phi) is 6.36. The fourth-order valence-electron chi connectivity index (χ4n) is 1.79. The van der Waals surface area contributed by atoms with Gasteiger partial charge < -0.3 is 15.3 Å². The highest BCUT2D eigenvalue weighted by Gasteiger charge is 2.23. The molecule has 1 rings (SSSR count). The Morgan fingerprint density at radius 1 is 1.38 bits per heavy atom. The smallest absolute Gasteiger partial charge is 0.320 e. The summed E-state index contributed by atoms with van der Waals surface area (Å²) < 4.78 is 0. The summed E-state index contributed by atoms with van der Waals surface area (Å²) in [6.07, 6.45) is 1.66. The van der Waals surface area contributed by atoms with Crippen molar-refractivity contribution in [1.29, 1.82) is 0 Å². The molecule has 0 aromatic heterocycles. The number of halogens is 1. The molecule has 1 atom stereocenters. The third-order valence-corrected chi connectivity index (χ3v) is 2.80. The topological polar surface area (TPSA) is 69.6 Å². The van der Waals surface area contributed by atoms with E-state index in [2.05, 4.69) is 5.32 Å². The van der Waals surface area contributed by atoms with Gasteiger partial charge in [0.15, 0.2) is 0 Å². The van der Waals surface area contributed by atoms with Crippen molar-refractivity contribution in [1.82, 2.24) is 10.2 Å². The van der Waals surface area contributed by atoms with Crippen molar-refractivity contribution in [2.75, 3.05) is 13.1 Å². The van der Waals surface area contributed by atoms with Gasteiger partial charge >= 0.3 is 5.97 Å². The van der Waals surface area contributed by atoms with E-state index in [1.54, 1.807) is 18.7 Å². The second-order valence-corrected chi connectivity index (χ2v) is 4.01. The first-order valence-corrected chi connectivity index (χ1v) is 5.25. The van der Waals surface area contributed by atoms with Crippen molar-refractivity contribution >= 4 is 24.3 Å². The van der Waals surface area contributed by atoms with Crippen molar-refractivity contribution < 1.29 is 14.7 Å². The molecule has 16 heavy (non-hydrogen) atoms. The number of rotatable bonds is 3. The number of hydrogen-bond donors (Lipinski definition) is 2. The molecule has 0 radical (unpaired) electrons. The van der Waals surface area contributed by atoms with Gasteiger partial charge in [0.1, 0.15) is 6.04 Å². The summed E-state index contributed by atoms with van der Waals surface area (Å²) in [4.78, 5) is 23.5. The molecule has 1 fully saturated rings. The van der Waals surface area contributed by atoms with E-state index in [-0.39, 0.29) is 24.4 Å². The lowest BCUT2D eigenvalue weighted by Crippen LogP contribution is -2.48. The Hall–Kier alpha value is -0.810. The molecule has 1 amide bonds. The Bertz CT molecular complexity index is 252. The van der Waals surface area contributed by atoms with Crippen LogP contribution in [-0.4, -0.2) is 47.1 Å². The maximum absolute atomic E-state index is 11.0. The van der Waals surface area contributed by atoms with Crippen molar-refractivity contribution in [2.24, 2.45) is 0 Å². The molecule has 0 saturated carbocycles. The number of carbonyl (C=O) groups is 2. The molecule has 5 nitrogen and oxygen atoms in total. The lowest BCUT2D eigenvalue weighted by molar-refractivity contribution is -0.139. The highest BCUT2D eigenvalue weighted by molar-refractivity contribution is 5.85. The Morgan fingerprint density at radius 3 is 2.25 bits per heavy atom. The first kappa shape index (κ1) is 15.2. The predicted octanol–water partition coefficient (Wildman–Crippen LogP) is 0.482. The van der Waals surface area contributed by atoms with E-state index in [1.807, 2.05) is 0 Å². The summed E-state index contributed by atoms with van der Waals surface area (Å²) in [7, 11) is 0. The molecule has 1 saturated heterocycles. The molecule has 0 spiro atoms. The first-order chi connectivity index (χ1) is 7.00. The van der Waals surface area contributed by atoms with Crippen LogP contribution in [0.3, 0.4) is 0 Å². The fraction of sp³-hybridized carbons (Fsp3) is 0.800. The summed E-state index contributed by atoms with van der Waals surface area (Å²) in [5.41, 5.74) is 0. The van der Waals surface area contributed by atoms with Gasteiger partial charge in [-0.25, -0.2) is 0 Å². The summed E-state index contributed by atoms with van der Waals surface area (Å²) >= 11 is 0. The van der Waals surface area contributed by atoms with Gasteiger partial charge in [-0.3, -0.25) is 9.59 Å². The standard InChI is InChI=1S/C10H18N2O3.ClH/c1-7(10(14)15)11-9-3-5-12(6-4-9)8(2)13;/h7,9,11H,3-6H2,1-2H3,(H,14,15);1H/t7-;/m0./s1. The van der Waals surface area contributed by atoms with Crippen LogP contribution in [0.15, 0.2) is 0 Å². The van der Waals surface area contributed by atoms with Crippen molar-refractivity contribution in [3.63, 3.8) is 0 Å². The quantitative estimate of drug-likeness (QED) is 0.765. The minimum Gasteiger partial charge on any atom is -0.480 e. The summed E-state index contributed by atoms with van der Waals surface area (Å²) in [6.45, 7) is 4.64. The van der Waals surface area contributed by atoms with Gasteiger partial charge in [0.05, 0.1) is 0 Å². The molecule has 2 N–H and O–H groups in total. The van der Waals surface area contributed by atoms with Gasteiger partial charge in [0.25, 0.3) is 0 Å². The van der Waals surface area contributed by atoms with Gasteiger partial charge in [0, 0.05) is 26.1 Å². The maximum Gasteiger partial charge on any atom is 0.320 e. The SMILES string of the molecule is CC(=O)N1CCC(N[C@@H](C)C(=O)O)CC1.Cl. The van der Waals surface area contributed by atoms with Gasteiger partial charge in [-0.1, -0.05) is 0 Å². The predicted molar refractivity (Wildman–Crippen MR) is 62.8 cm³/mol. The van der Waals surface area contributed by atoms with Gasteiger partial charge in [-0.15, -0.1) is 12.4 Å². The lowest BCUT2D eigenvalue weighted by atomic mass is 10.0. The molecule has 6 heteroatoms. The molecular weight excluding hydrogens is 232 g/mol. The number of carboxylic acids is 1. The van der Waals surface area contributed by atoms with Crippen molar-refractivity contribution in [2.45, 2.75) is 38.8 Å². The summed E-state index contributed by atoms with van der Waals surface area (Å²) in [5, 5.41) is 11.8. The number of piperidine rings is 1. The number of carbonyl (C=O) groups excluding carboxylic acids is 1. The summed E-state index contributed by atoms with van der Waals surface area (Å²) in [6, 6.07) is -0.300. The maximum atomic E-state index is 11.0. The Morgan fingerprint density at radius 2 is 1.88 bits per heavy atom. The second kappa shape index (κ2) is 6.70. The highest BCUT2D eigenvalue weighted by atomic mass is 35.5. The average molecular weight is 251 g/mol. The lowest BCUT2D eigenvalue weighted by Gasteiger charge is -2.32. The zero-order valence-electron chi connectivity index (χ0n) is 9.60. The Balaban J connectivity index is 0.00000225. The Labute approximate surface area is 102 Å². The third kappa shape index (κ3) is 4.37. The monoisotopic (exact) mass is 250 g/mol. The van der Waals surface area contributed by atoms with E-state index >= 15 is 0 Å². The molecule has 0 aromatic carbocycles. The molecule has 0 aliphatic carbocycles. The van der Waals surface area contributed by atoms with E-state index in [0.29, 0.717) is 0 Å². The van der Waals surface area contributed by atoms with Crippen LogP contribution in [0, 0.1) is 0 Å². The average Bonchev–Trinajstić information content (AvgIpc) is 2.18. The number of aliphatic carboxylic acids is 1. The van der Waals surface area contributed by atoms with Crippen LogP contribution in [0.1, 0.15) is 26.7 Å². The number of amides is 1. The van der Waals surface area contributed by atoms with Crippen LogP contribution < -0.4 is 5.32 Å². The number of likely N-dealkylation sites (tertiary alicyclic amines) is 1. The third-order valence-electron chi connectivity index (χ3n) is 2.80. The van der Waals surface area contributed by atoms with Crippen LogP contribution in [-0.2, 0) is 9.59 Å². The van der Waals surface area contributed by atoms with E-state index in [9.17, 15) is 9.59 Å². The molecule has 1 aliphatic rings. The molecule has 94 valence electrons. The van der Waals surface area contributed by atoms with E-state index < -0.39 is 12.0 Å². The second-order valence-electron chi connectivity index (χ2n) is 4.01. The van der Waals surface area contributed by atoms with Crippen molar-refractivity contribution in [3.8, 4) is 0 Å². The molecule has 1 heterocycles. The van der Waals surface area contributed by atoms with Gasteiger partial charge in [-0.05, 0) is 19.8 Å². The number of nitrogens with zero attached hydrogens (tertiary/aromatic N) is 1. The minimum atomic E-state index is -0.830. The minimum absolute atomic E-state index is 0. The molecular formula is C10H19ClN2O3. The number of carboxylic acid groups (broad SMARTS) is 1. The van der Waals surface area contributed by atoms with Crippen LogP contribution in [0.25, 0.3) is 0 Å². The highest BCUT2D eigenvalue weighted by Crippen LogP contribution is 2.10. The van der Waals surface area contributed by atoms with Crippen molar-refractivity contribution in [3.05, 3.63) is 0 Å². The molecule has 0 aromatic rings. The first-order valence-electron chi connectivity index (χ1n) is 5.25. The normalized spacial score (nSPS) is 18.8. The van der Waals surface area contributed by atoms with Crippen LogP contribution >= 0.6 is 12.4 Å². The van der Waals surface area contributed by atoms with E-state index in [4.69, 9.17) is 5.11 Å². The fourth-order valence-corrected chi connectivity index (χ4v) is 1.79. The van der Waals surface area contributed by atoms with Crippen LogP contribution in [0.4, 0.5) is 0 Å². The number of hydrogen-bond acceptors (Lipinski definition) is 3. The van der Waals surface area contributed by atoms with E-state index in [0.717, 1.165) is 25.9 Å². The van der Waals surface area contributed by atoms with Gasteiger partial charge in [0.2, 0.25) is 5.91 Å². The molecule has 0 bridgehead atoms. The number of nitrogens with one attached hydrogen (secondary N) is 1. The largest absolute Gasteiger partial charge is 0.480 e. The van der Waals surface area contributed by atoms with Crippen LogP contribution in [0.2, 0.25) is 0 Å². The van der Waals surface area contributed by atoms with Crippen LogP contribution in [0.5, 0.6) is 0 Å². The summed E-state index contributed by atoms with van der Waals surface area (Å²) in [5.74, 6) is -0.733. The van der Waals surface area contributed by atoms with E-state index in [1.165, 1.54) is 0 Å². The molecule has 1 aliphatic heterocycles. The molecule has 0 unspecified atom stereocenters. The zero-order chi connectivity index (χ0) is 11.4. The zero-order valence-corrected chi connectivity index (χ0v) is 10.4.